The second-order valence-electron chi connectivity index (χ2n) is 3.26. The SMILES string of the molecule is CNc1ncnc(Oc2cnn(C)c2)c1OC. The van der Waals surface area contributed by atoms with Crippen molar-refractivity contribution in [1.82, 2.24) is 19.7 Å². The maximum absolute atomic E-state index is 5.56. The summed E-state index contributed by atoms with van der Waals surface area (Å²) in [6, 6.07) is 0. The molecular formula is C10H13N5O2. The Hall–Kier alpha value is -2.31. The largest absolute Gasteiger partial charge is 0.489 e. The van der Waals surface area contributed by atoms with E-state index in [1.165, 1.54) is 13.4 Å². The van der Waals surface area contributed by atoms with Crippen molar-refractivity contribution in [2.24, 2.45) is 7.05 Å². The molecule has 0 spiro atoms. The number of hydrogen-bond acceptors (Lipinski definition) is 6. The molecule has 0 aliphatic rings. The van der Waals surface area contributed by atoms with Gasteiger partial charge in [0.05, 0.1) is 19.5 Å². The summed E-state index contributed by atoms with van der Waals surface area (Å²) >= 11 is 0. The molecule has 0 saturated carbocycles. The summed E-state index contributed by atoms with van der Waals surface area (Å²) in [5.74, 6) is 1.96. The predicted molar refractivity (Wildman–Crippen MR) is 61.4 cm³/mol. The Bertz CT molecular complexity index is 511. The molecule has 0 amide bonds. The third kappa shape index (κ3) is 2.27. The molecule has 2 heterocycles. The van der Waals surface area contributed by atoms with Gasteiger partial charge in [0.1, 0.15) is 6.33 Å². The minimum absolute atomic E-state index is 0.347. The Kier molecular flexibility index (Phi) is 3.08. The number of hydrogen-bond donors (Lipinski definition) is 1. The van der Waals surface area contributed by atoms with Crippen molar-refractivity contribution in [3.05, 3.63) is 18.7 Å². The number of aromatic nitrogens is 4. The zero-order valence-corrected chi connectivity index (χ0v) is 9.84. The van der Waals surface area contributed by atoms with Gasteiger partial charge in [0.25, 0.3) is 5.88 Å². The quantitative estimate of drug-likeness (QED) is 0.853. The Balaban J connectivity index is 2.32. The van der Waals surface area contributed by atoms with Gasteiger partial charge in [-0.25, -0.2) is 4.98 Å². The number of nitrogens with zero attached hydrogens (tertiary/aromatic N) is 4. The molecule has 1 N–H and O–H groups in total. The van der Waals surface area contributed by atoms with Crippen molar-refractivity contribution in [3.63, 3.8) is 0 Å². The monoisotopic (exact) mass is 235 g/mol. The molecule has 0 atom stereocenters. The van der Waals surface area contributed by atoms with Crippen LogP contribution < -0.4 is 14.8 Å². The molecule has 2 aromatic rings. The van der Waals surface area contributed by atoms with E-state index in [-0.39, 0.29) is 0 Å². The molecule has 0 aliphatic heterocycles. The Morgan fingerprint density at radius 1 is 1.35 bits per heavy atom. The van der Waals surface area contributed by atoms with E-state index in [2.05, 4.69) is 20.4 Å². The highest BCUT2D eigenvalue weighted by atomic mass is 16.5. The van der Waals surface area contributed by atoms with Crippen LogP contribution >= 0.6 is 0 Å². The van der Waals surface area contributed by atoms with Crippen LogP contribution in [0.3, 0.4) is 0 Å². The van der Waals surface area contributed by atoms with E-state index in [1.807, 2.05) is 7.05 Å². The summed E-state index contributed by atoms with van der Waals surface area (Å²) in [4.78, 5) is 8.05. The fraction of sp³-hybridized carbons (Fsp3) is 0.300. The first-order chi connectivity index (χ1) is 8.24. The van der Waals surface area contributed by atoms with E-state index >= 15 is 0 Å². The summed E-state index contributed by atoms with van der Waals surface area (Å²) in [6.07, 6.45) is 4.74. The molecule has 0 aromatic carbocycles. The first kappa shape index (κ1) is 11.2. The molecule has 0 unspecified atom stereocenters. The molecule has 7 heteroatoms. The summed E-state index contributed by atoms with van der Waals surface area (Å²) < 4.78 is 12.4. The molecule has 0 saturated heterocycles. The fourth-order valence-corrected chi connectivity index (χ4v) is 1.36. The Morgan fingerprint density at radius 2 is 2.18 bits per heavy atom. The van der Waals surface area contributed by atoms with Crippen LogP contribution in [0.15, 0.2) is 18.7 Å². The van der Waals surface area contributed by atoms with Crippen LogP contribution in [-0.2, 0) is 7.05 Å². The van der Waals surface area contributed by atoms with E-state index < -0.39 is 0 Å². The molecule has 7 nitrogen and oxygen atoms in total. The van der Waals surface area contributed by atoms with E-state index in [4.69, 9.17) is 9.47 Å². The van der Waals surface area contributed by atoms with Crippen LogP contribution in [0.2, 0.25) is 0 Å². The number of anilines is 1. The molecule has 0 radical (unpaired) electrons. The van der Waals surface area contributed by atoms with Gasteiger partial charge < -0.3 is 14.8 Å². The van der Waals surface area contributed by atoms with Crippen LogP contribution in [0.5, 0.6) is 17.4 Å². The van der Waals surface area contributed by atoms with Gasteiger partial charge in [-0.2, -0.15) is 10.1 Å². The molecule has 90 valence electrons. The maximum atomic E-state index is 5.56. The first-order valence-electron chi connectivity index (χ1n) is 4.98. The van der Waals surface area contributed by atoms with Crippen molar-refractivity contribution >= 4 is 5.82 Å². The number of aryl methyl sites for hydroxylation is 1. The lowest BCUT2D eigenvalue weighted by molar-refractivity contribution is 0.369. The van der Waals surface area contributed by atoms with Crippen LogP contribution in [0.1, 0.15) is 0 Å². The van der Waals surface area contributed by atoms with Gasteiger partial charge in [-0.3, -0.25) is 4.68 Å². The second-order valence-corrected chi connectivity index (χ2v) is 3.26. The van der Waals surface area contributed by atoms with Crippen LogP contribution in [0.4, 0.5) is 5.82 Å². The van der Waals surface area contributed by atoms with Gasteiger partial charge in [0.2, 0.25) is 5.75 Å². The molecule has 2 rings (SSSR count). The molecule has 0 aliphatic carbocycles. The fourth-order valence-electron chi connectivity index (χ4n) is 1.36. The highest BCUT2D eigenvalue weighted by Crippen LogP contribution is 2.33. The summed E-state index contributed by atoms with van der Waals surface area (Å²) in [6.45, 7) is 0. The van der Waals surface area contributed by atoms with Crippen molar-refractivity contribution in [1.29, 1.82) is 0 Å². The van der Waals surface area contributed by atoms with Gasteiger partial charge in [-0.05, 0) is 0 Å². The summed E-state index contributed by atoms with van der Waals surface area (Å²) in [5, 5.41) is 6.90. The van der Waals surface area contributed by atoms with Gasteiger partial charge in [0, 0.05) is 14.1 Å². The van der Waals surface area contributed by atoms with Crippen molar-refractivity contribution in [2.75, 3.05) is 19.5 Å². The number of methoxy groups -OCH3 is 1. The van der Waals surface area contributed by atoms with Gasteiger partial charge in [-0.1, -0.05) is 0 Å². The summed E-state index contributed by atoms with van der Waals surface area (Å²) in [5.41, 5.74) is 0. The predicted octanol–water partition coefficient (Wildman–Crippen LogP) is 1.05. The van der Waals surface area contributed by atoms with E-state index in [0.29, 0.717) is 23.2 Å². The van der Waals surface area contributed by atoms with Crippen molar-refractivity contribution in [3.8, 4) is 17.4 Å². The summed E-state index contributed by atoms with van der Waals surface area (Å²) in [7, 11) is 5.09. The molecule has 0 fully saturated rings. The van der Waals surface area contributed by atoms with Crippen LogP contribution in [0.25, 0.3) is 0 Å². The minimum atomic E-state index is 0.347. The lowest BCUT2D eigenvalue weighted by atomic mass is 10.5. The highest BCUT2D eigenvalue weighted by molar-refractivity contribution is 5.55. The molecular weight excluding hydrogens is 222 g/mol. The Morgan fingerprint density at radius 3 is 2.76 bits per heavy atom. The third-order valence-electron chi connectivity index (χ3n) is 2.11. The molecule has 0 bridgehead atoms. The van der Waals surface area contributed by atoms with Crippen LogP contribution in [0, 0.1) is 0 Å². The van der Waals surface area contributed by atoms with Gasteiger partial charge in [-0.15, -0.1) is 0 Å². The van der Waals surface area contributed by atoms with E-state index in [9.17, 15) is 0 Å². The second kappa shape index (κ2) is 4.69. The average molecular weight is 235 g/mol. The maximum Gasteiger partial charge on any atom is 0.268 e. The third-order valence-corrected chi connectivity index (χ3v) is 2.11. The zero-order valence-electron chi connectivity index (χ0n) is 9.84. The topological polar surface area (TPSA) is 74.1 Å². The minimum Gasteiger partial charge on any atom is -0.489 e. The highest BCUT2D eigenvalue weighted by Gasteiger charge is 2.13. The first-order valence-corrected chi connectivity index (χ1v) is 4.98. The number of ether oxygens (including phenoxy) is 2. The molecule has 17 heavy (non-hydrogen) atoms. The normalized spacial score (nSPS) is 10.1. The lowest BCUT2D eigenvalue weighted by Crippen LogP contribution is -2.00. The van der Waals surface area contributed by atoms with Gasteiger partial charge in [0.15, 0.2) is 11.6 Å². The van der Waals surface area contributed by atoms with Crippen molar-refractivity contribution < 1.29 is 9.47 Å². The van der Waals surface area contributed by atoms with E-state index in [1.54, 1.807) is 24.1 Å². The average Bonchev–Trinajstić information content (AvgIpc) is 2.74. The lowest BCUT2D eigenvalue weighted by Gasteiger charge is -2.10. The van der Waals surface area contributed by atoms with Gasteiger partial charge >= 0.3 is 0 Å². The number of rotatable bonds is 4. The standard InChI is InChI=1S/C10H13N5O2/c1-11-9-8(16-3)10(13-6-12-9)17-7-4-14-15(2)5-7/h4-6H,1-3H3,(H,11,12,13). The zero-order chi connectivity index (χ0) is 12.3. The smallest absolute Gasteiger partial charge is 0.268 e. The van der Waals surface area contributed by atoms with E-state index in [0.717, 1.165) is 0 Å². The van der Waals surface area contributed by atoms with Crippen LogP contribution in [-0.4, -0.2) is 33.9 Å². The Labute approximate surface area is 98.4 Å². The van der Waals surface area contributed by atoms with Crippen molar-refractivity contribution in [2.45, 2.75) is 0 Å². The molecule has 2 aromatic heterocycles. The number of nitrogens with one attached hydrogen (secondary N) is 1.